The van der Waals surface area contributed by atoms with Crippen molar-refractivity contribution in [2.24, 2.45) is 5.10 Å². The highest BCUT2D eigenvalue weighted by atomic mass is 32.2. The van der Waals surface area contributed by atoms with E-state index in [1.807, 2.05) is 51.1 Å². The third-order valence-electron chi connectivity index (χ3n) is 2.50. The number of nitrogens with zero attached hydrogens (tertiary/aromatic N) is 3. The summed E-state index contributed by atoms with van der Waals surface area (Å²) in [6.45, 7) is 5.82. The molecular weight excluding hydrogens is 312 g/mol. The number of rotatable bonds is 6. The normalized spacial score (nSPS) is 11.6. The Labute approximate surface area is 139 Å². The van der Waals surface area contributed by atoms with Crippen LogP contribution in [0.4, 0.5) is 5.95 Å². The van der Waals surface area contributed by atoms with Gasteiger partial charge in [0.25, 0.3) is 0 Å². The van der Waals surface area contributed by atoms with E-state index in [9.17, 15) is 4.79 Å². The first kappa shape index (κ1) is 17.0. The summed E-state index contributed by atoms with van der Waals surface area (Å²) in [5.74, 6) is 0.641. The molecule has 0 aliphatic rings. The number of benzene rings is 1. The summed E-state index contributed by atoms with van der Waals surface area (Å²) in [4.78, 5) is 15.9. The Morgan fingerprint density at radius 3 is 2.78 bits per heavy atom. The second-order valence-electron chi connectivity index (χ2n) is 5.83. The van der Waals surface area contributed by atoms with Crippen molar-refractivity contribution in [1.29, 1.82) is 0 Å². The monoisotopic (exact) mass is 332 g/mol. The van der Waals surface area contributed by atoms with Crippen LogP contribution in [0.2, 0.25) is 0 Å². The maximum Gasteiger partial charge on any atom is 0.240 e. The molecule has 23 heavy (non-hydrogen) atoms. The number of thioether (sulfide) groups is 1. The Bertz CT molecular complexity index is 662. The van der Waals surface area contributed by atoms with Gasteiger partial charge in [0.1, 0.15) is 0 Å². The van der Waals surface area contributed by atoms with E-state index < -0.39 is 0 Å². The van der Waals surface area contributed by atoms with Gasteiger partial charge in [-0.25, -0.2) is 10.5 Å². The molecule has 0 unspecified atom stereocenters. The van der Waals surface area contributed by atoms with Crippen LogP contribution in [0.5, 0.6) is 0 Å². The number of hydrazone groups is 1. The second kappa shape index (κ2) is 7.77. The first-order valence-corrected chi connectivity index (χ1v) is 8.11. The van der Waals surface area contributed by atoms with E-state index in [-0.39, 0.29) is 17.2 Å². The highest BCUT2D eigenvalue weighted by Crippen LogP contribution is 2.14. The zero-order chi connectivity index (χ0) is 16.7. The zero-order valence-corrected chi connectivity index (χ0v) is 14.1. The minimum atomic E-state index is -0.241. The van der Waals surface area contributed by atoms with Gasteiger partial charge in [-0.15, -0.1) is 5.10 Å². The number of carbonyl (C=O) groups excluding carboxylic acids is 1. The molecule has 1 aromatic carbocycles. The topological polar surface area (TPSA) is 95.1 Å². The average Bonchev–Trinajstić information content (AvgIpc) is 2.92. The van der Waals surface area contributed by atoms with Crippen LogP contribution in [0, 0.1) is 0 Å². The molecule has 0 aliphatic heterocycles. The second-order valence-corrected chi connectivity index (χ2v) is 6.78. The number of hydrogen-bond donors (Lipinski definition) is 3. The highest BCUT2D eigenvalue weighted by molar-refractivity contribution is 7.99. The first-order chi connectivity index (χ1) is 10.9. The molecule has 0 saturated heterocycles. The van der Waals surface area contributed by atoms with Crippen molar-refractivity contribution < 1.29 is 4.79 Å². The van der Waals surface area contributed by atoms with Crippen LogP contribution in [0.15, 0.2) is 40.6 Å². The first-order valence-electron chi connectivity index (χ1n) is 7.13. The van der Waals surface area contributed by atoms with Gasteiger partial charge in [0.05, 0.1) is 12.0 Å². The van der Waals surface area contributed by atoms with Crippen molar-refractivity contribution in [3.63, 3.8) is 0 Å². The third-order valence-corrected chi connectivity index (χ3v) is 3.34. The Balaban J connectivity index is 1.79. The van der Waals surface area contributed by atoms with Crippen molar-refractivity contribution >= 4 is 29.8 Å². The van der Waals surface area contributed by atoms with Crippen molar-refractivity contribution in [2.45, 2.75) is 31.5 Å². The lowest BCUT2D eigenvalue weighted by Crippen LogP contribution is -2.41. The Morgan fingerprint density at radius 2 is 2.09 bits per heavy atom. The van der Waals surface area contributed by atoms with Gasteiger partial charge in [-0.05, 0) is 26.3 Å². The molecule has 0 radical (unpaired) electrons. The van der Waals surface area contributed by atoms with Crippen LogP contribution in [0.3, 0.4) is 0 Å². The summed E-state index contributed by atoms with van der Waals surface area (Å²) in [5.41, 5.74) is 3.50. The molecule has 0 saturated carbocycles. The summed E-state index contributed by atoms with van der Waals surface area (Å²) < 4.78 is 0. The Hall–Kier alpha value is -2.35. The van der Waals surface area contributed by atoms with E-state index in [0.29, 0.717) is 11.1 Å². The molecule has 0 bridgehead atoms. The number of anilines is 1. The van der Waals surface area contributed by atoms with E-state index >= 15 is 0 Å². The van der Waals surface area contributed by atoms with Gasteiger partial charge < -0.3 is 5.32 Å². The highest BCUT2D eigenvalue weighted by Gasteiger charge is 2.14. The van der Waals surface area contributed by atoms with E-state index in [0.717, 1.165) is 5.56 Å². The van der Waals surface area contributed by atoms with Gasteiger partial charge in [0.2, 0.25) is 17.0 Å². The van der Waals surface area contributed by atoms with E-state index in [1.54, 1.807) is 6.21 Å². The molecule has 1 amide bonds. The lowest BCUT2D eigenvalue weighted by Gasteiger charge is -2.19. The Kier molecular flexibility index (Phi) is 5.75. The fraction of sp³-hybridized carbons (Fsp3) is 0.333. The van der Waals surface area contributed by atoms with Crippen LogP contribution < -0.4 is 10.7 Å². The molecule has 0 aliphatic carbocycles. The summed E-state index contributed by atoms with van der Waals surface area (Å²) in [7, 11) is 0. The van der Waals surface area contributed by atoms with Crippen molar-refractivity contribution in [2.75, 3.05) is 11.2 Å². The van der Waals surface area contributed by atoms with Gasteiger partial charge in [0.15, 0.2) is 0 Å². The number of nitrogens with one attached hydrogen (secondary N) is 3. The minimum absolute atomic E-state index is 0.0519. The van der Waals surface area contributed by atoms with Crippen LogP contribution in [0.1, 0.15) is 26.3 Å². The number of amides is 1. The van der Waals surface area contributed by atoms with Crippen LogP contribution in [-0.2, 0) is 4.79 Å². The maximum absolute atomic E-state index is 11.7. The van der Waals surface area contributed by atoms with E-state index in [2.05, 4.69) is 31.0 Å². The van der Waals surface area contributed by atoms with Gasteiger partial charge in [-0.2, -0.15) is 10.1 Å². The molecule has 7 nitrogen and oxygen atoms in total. The molecule has 2 rings (SSSR count). The molecule has 2 aromatic rings. The fourth-order valence-electron chi connectivity index (χ4n) is 1.65. The summed E-state index contributed by atoms with van der Waals surface area (Å²) >= 11 is 1.26. The zero-order valence-electron chi connectivity index (χ0n) is 13.3. The van der Waals surface area contributed by atoms with E-state index in [1.165, 1.54) is 11.8 Å². The molecule has 0 spiro atoms. The predicted molar refractivity (Wildman–Crippen MR) is 92.7 cm³/mol. The van der Waals surface area contributed by atoms with Crippen molar-refractivity contribution in [3.05, 3.63) is 35.9 Å². The molecule has 1 heterocycles. The Morgan fingerprint density at radius 1 is 1.35 bits per heavy atom. The van der Waals surface area contributed by atoms with Crippen molar-refractivity contribution in [1.82, 2.24) is 20.5 Å². The molecule has 0 atom stereocenters. The maximum atomic E-state index is 11.7. The number of hydrogen-bond acceptors (Lipinski definition) is 6. The SMILES string of the molecule is CC(C)(C)NC(=O)CSc1n[nH]c(N/N=C\c2ccccc2)n1. The average molecular weight is 332 g/mol. The summed E-state index contributed by atoms with van der Waals surface area (Å²) in [6.07, 6.45) is 1.69. The van der Waals surface area contributed by atoms with Crippen LogP contribution >= 0.6 is 11.8 Å². The molecule has 0 fully saturated rings. The number of carbonyl (C=O) groups is 1. The van der Waals surface area contributed by atoms with Crippen LogP contribution in [-0.4, -0.2) is 38.6 Å². The number of H-pyrrole nitrogens is 1. The predicted octanol–water partition coefficient (Wildman–Crippen LogP) is 2.26. The largest absolute Gasteiger partial charge is 0.351 e. The number of aromatic nitrogens is 3. The smallest absolute Gasteiger partial charge is 0.240 e. The lowest BCUT2D eigenvalue weighted by molar-refractivity contribution is -0.119. The third kappa shape index (κ3) is 6.52. The molecule has 8 heteroatoms. The quantitative estimate of drug-likeness (QED) is 0.428. The molecule has 1 aromatic heterocycles. The standard InChI is InChI=1S/C15H20N6OS/c1-15(2,3)18-12(22)10-23-14-17-13(20-21-14)19-16-9-11-7-5-4-6-8-11/h4-9H,10H2,1-3H3,(H,18,22)(H2,17,19,20,21)/b16-9-. The van der Waals surface area contributed by atoms with Gasteiger partial charge in [-0.1, -0.05) is 42.1 Å². The van der Waals surface area contributed by atoms with Gasteiger partial charge in [0, 0.05) is 5.54 Å². The lowest BCUT2D eigenvalue weighted by atomic mass is 10.1. The van der Waals surface area contributed by atoms with Gasteiger partial charge >= 0.3 is 0 Å². The molecular formula is C15H20N6OS. The fourth-order valence-corrected chi connectivity index (χ4v) is 2.25. The summed E-state index contributed by atoms with van der Waals surface area (Å²) in [5, 5.41) is 14.2. The van der Waals surface area contributed by atoms with Crippen LogP contribution in [0.25, 0.3) is 0 Å². The minimum Gasteiger partial charge on any atom is -0.351 e. The van der Waals surface area contributed by atoms with Gasteiger partial charge in [-0.3, -0.25) is 4.79 Å². The van der Waals surface area contributed by atoms with Crippen molar-refractivity contribution in [3.8, 4) is 0 Å². The summed E-state index contributed by atoms with van der Waals surface area (Å²) in [6, 6.07) is 9.71. The molecule has 3 N–H and O–H groups in total. The molecule has 122 valence electrons. The van der Waals surface area contributed by atoms with E-state index in [4.69, 9.17) is 0 Å². The number of aromatic amines is 1.